The second-order valence-corrected chi connectivity index (χ2v) is 7.44. The molecule has 1 N–H and O–H groups in total. The predicted molar refractivity (Wildman–Crippen MR) is 100 cm³/mol. The number of piperidine rings is 1. The van der Waals surface area contributed by atoms with Crippen molar-refractivity contribution in [2.24, 2.45) is 5.92 Å². The Morgan fingerprint density at radius 1 is 1.33 bits per heavy atom. The minimum Gasteiger partial charge on any atom is -0.354 e. The van der Waals surface area contributed by atoms with Crippen LogP contribution in [0.3, 0.4) is 0 Å². The predicted octanol–water partition coefficient (Wildman–Crippen LogP) is 2.57. The van der Waals surface area contributed by atoms with Gasteiger partial charge in [0.25, 0.3) is 0 Å². The van der Waals surface area contributed by atoms with Crippen LogP contribution in [0.2, 0.25) is 0 Å². The number of likely N-dealkylation sites (N-methyl/N-ethyl adjacent to an activating group) is 1. The molecule has 4 nitrogen and oxygen atoms in total. The maximum Gasteiger partial charge on any atom is 0.237 e. The highest BCUT2D eigenvalue weighted by atomic mass is 16.2. The van der Waals surface area contributed by atoms with Gasteiger partial charge in [0.2, 0.25) is 5.91 Å². The summed E-state index contributed by atoms with van der Waals surface area (Å²) >= 11 is 0. The third kappa shape index (κ3) is 5.60. The van der Waals surface area contributed by atoms with E-state index in [4.69, 9.17) is 0 Å². The highest BCUT2D eigenvalue weighted by Gasteiger charge is 2.24. The van der Waals surface area contributed by atoms with E-state index in [9.17, 15) is 4.79 Å². The molecule has 134 valence electrons. The van der Waals surface area contributed by atoms with Crippen LogP contribution in [0, 0.1) is 5.92 Å². The van der Waals surface area contributed by atoms with Crippen LogP contribution in [0.25, 0.3) is 0 Å². The van der Waals surface area contributed by atoms with Gasteiger partial charge in [-0.25, -0.2) is 0 Å². The van der Waals surface area contributed by atoms with E-state index in [-0.39, 0.29) is 11.9 Å². The number of benzene rings is 1. The molecule has 0 spiro atoms. The number of hydrogen-bond acceptors (Lipinski definition) is 3. The normalized spacial score (nSPS) is 21.5. The molecule has 0 radical (unpaired) electrons. The van der Waals surface area contributed by atoms with Crippen molar-refractivity contribution in [2.75, 3.05) is 40.3 Å². The molecule has 0 bridgehead atoms. The molecule has 3 atom stereocenters. The number of carbonyl (C=O) groups is 1. The number of amides is 1. The van der Waals surface area contributed by atoms with Crippen LogP contribution in [0.4, 0.5) is 0 Å². The highest BCUT2D eigenvalue weighted by Crippen LogP contribution is 2.17. The van der Waals surface area contributed by atoms with Crippen molar-refractivity contribution in [1.82, 2.24) is 15.1 Å². The molecule has 2 rings (SSSR count). The largest absolute Gasteiger partial charge is 0.354 e. The molecule has 0 aromatic heterocycles. The summed E-state index contributed by atoms with van der Waals surface area (Å²) in [5, 5.41) is 3.12. The summed E-state index contributed by atoms with van der Waals surface area (Å²) in [5.74, 6) is 1.14. The van der Waals surface area contributed by atoms with E-state index in [0.29, 0.717) is 18.4 Å². The van der Waals surface area contributed by atoms with Gasteiger partial charge < -0.3 is 10.2 Å². The smallest absolute Gasteiger partial charge is 0.237 e. The van der Waals surface area contributed by atoms with Crippen molar-refractivity contribution in [2.45, 2.75) is 38.6 Å². The second-order valence-electron chi connectivity index (χ2n) is 7.44. The average Bonchev–Trinajstić information content (AvgIpc) is 2.59. The molecular formula is C20H33N3O. The van der Waals surface area contributed by atoms with E-state index in [1.807, 2.05) is 25.1 Å². The van der Waals surface area contributed by atoms with Crippen molar-refractivity contribution >= 4 is 5.91 Å². The molecule has 1 aliphatic heterocycles. The van der Waals surface area contributed by atoms with Crippen LogP contribution >= 0.6 is 0 Å². The van der Waals surface area contributed by atoms with Crippen LogP contribution in [0.5, 0.6) is 0 Å². The van der Waals surface area contributed by atoms with Crippen molar-refractivity contribution in [3.63, 3.8) is 0 Å². The minimum atomic E-state index is -0.0831. The molecule has 0 aliphatic carbocycles. The minimum absolute atomic E-state index is 0.0831. The number of carbonyl (C=O) groups excluding carboxylic acids is 1. The summed E-state index contributed by atoms with van der Waals surface area (Å²) in [4.78, 5) is 17.1. The number of nitrogens with one attached hydrogen (secondary N) is 1. The van der Waals surface area contributed by atoms with Gasteiger partial charge in [0.1, 0.15) is 0 Å². The van der Waals surface area contributed by atoms with Crippen LogP contribution in [0.1, 0.15) is 38.2 Å². The first-order valence-electron chi connectivity index (χ1n) is 9.18. The van der Waals surface area contributed by atoms with Crippen molar-refractivity contribution in [1.29, 1.82) is 0 Å². The Kier molecular flexibility index (Phi) is 7.25. The quantitative estimate of drug-likeness (QED) is 0.834. The summed E-state index contributed by atoms with van der Waals surface area (Å²) in [5.41, 5.74) is 1.27. The number of nitrogens with zero attached hydrogens (tertiary/aromatic N) is 2. The summed E-state index contributed by atoms with van der Waals surface area (Å²) in [7, 11) is 4.26. The third-order valence-corrected chi connectivity index (χ3v) is 5.26. The Labute approximate surface area is 147 Å². The summed E-state index contributed by atoms with van der Waals surface area (Å²) in [6.45, 7) is 8.19. The molecule has 1 fully saturated rings. The van der Waals surface area contributed by atoms with Crippen LogP contribution in [-0.4, -0.2) is 62.0 Å². The number of rotatable bonds is 7. The first-order chi connectivity index (χ1) is 11.5. The fraction of sp³-hybridized carbons (Fsp3) is 0.650. The highest BCUT2D eigenvalue weighted by molar-refractivity contribution is 5.81. The standard InChI is InChI=1S/C20H33N3O/c1-16(19-10-6-5-7-11-19)13-21-20(24)17(2)23(4)15-18-9-8-12-22(3)14-18/h5-7,10-11,16-18H,8-9,12-15H2,1-4H3,(H,21,24). The van der Waals surface area contributed by atoms with Crippen LogP contribution in [-0.2, 0) is 4.79 Å². The molecule has 1 aliphatic rings. The van der Waals surface area contributed by atoms with E-state index in [0.717, 1.165) is 13.1 Å². The Balaban J connectivity index is 1.76. The van der Waals surface area contributed by atoms with Crippen LogP contribution in [0.15, 0.2) is 30.3 Å². The van der Waals surface area contributed by atoms with E-state index >= 15 is 0 Å². The lowest BCUT2D eigenvalue weighted by atomic mass is 9.97. The summed E-state index contributed by atoms with van der Waals surface area (Å²) in [6.07, 6.45) is 2.54. The third-order valence-electron chi connectivity index (χ3n) is 5.26. The van der Waals surface area contributed by atoms with Crippen LogP contribution < -0.4 is 5.32 Å². The lowest BCUT2D eigenvalue weighted by Crippen LogP contribution is -2.47. The zero-order valence-corrected chi connectivity index (χ0v) is 15.7. The summed E-state index contributed by atoms with van der Waals surface area (Å²) < 4.78 is 0. The van der Waals surface area contributed by atoms with Gasteiger partial charge in [-0.05, 0) is 57.8 Å². The van der Waals surface area contributed by atoms with E-state index in [1.165, 1.54) is 24.9 Å². The molecule has 4 heteroatoms. The molecule has 1 aromatic carbocycles. The second kappa shape index (κ2) is 9.19. The van der Waals surface area contributed by atoms with E-state index < -0.39 is 0 Å². The average molecular weight is 332 g/mol. The van der Waals surface area contributed by atoms with Crippen molar-refractivity contribution in [3.8, 4) is 0 Å². The Bertz CT molecular complexity index is 505. The molecule has 1 aromatic rings. The monoisotopic (exact) mass is 331 g/mol. The van der Waals surface area contributed by atoms with Crippen molar-refractivity contribution in [3.05, 3.63) is 35.9 Å². The van der Waals surface area contributed by atoms with E-state index in [1.54, 1.807) is 0 Å². The zero-order valence-electron chi connectivity index (χ0n) is 15.7. The van der Waals surface area contributed by atoms with Gasteiger partial charge in [-0.2, -0.15) is 0 Å². The topological polar surface area (TPSA) is 35.6 Å². The molecule has 1 amide bonds. The molecule has 24 heavy (non-hydrogen) atoms. The van der Waals surface area contributed by atoms with Gasteiger partial charge in [-0.15, -0.1) is 0 Å². The lowest BCUT2D eigenvalue weighted by Gasteiger charge is -2.34. The molecule has 0 saturated carbocycles. The Morgan fingerprint density at radius 2 is 2.04 bits per heavy atom. The Hall–Kier alpha value is -1.39. The van der Waals surface area contributed by atoms with Gasteiger partial charge in [-0.1, -0.05) is 37.3 Å². The first-order valence-corrected chi connectivity index (χ1v) is 9.18. The molecular weight excluding hydrogens is 298 g/mol. The molecule has 3 unspecified atom stereocenters. The maximum absolute atomic E-state index is 12.5. The molecule has 1 heterocycles. The van der Waals surface area contributed by atoms with Gasteiger partial charge >= 0.3 is 0 Å². The van der Waals surface area contributed by atoms with Gasteiger partial charge in [0.05, 0.1) is 6.04 Å². The Morgan fingerprint density at radius 3 is 2.71 bits per heavy atom. The van der Waals surface area contributed by atoms with Crippen molar-refractivity contribution < 1.29 is 4.79 Å². The first kappa shape index (κ1) is 18.9. The zero-order chi connectivity index (χ0) is 17.5. The molecule has 1 saturated heterocycles. The SMILES string of the molecule is CC(CNC(=O)C(C)N(C)CC1CCCN(C)C1)c1ccccc1. The van der Waals surface area contributed by atoms with Gasteiger partial charge in [0.15, 0.2) is 0 Å². The summed E-state index contributed by atoms with van der Waals surface area (Å²) in [6, 6.07) is 10.3. The fourth-order valence-corrected chi connectivity index (χ4v) is 3.49. The number of hydrogen-bond donors (Lipinski definition) is 1. The van der Waals surface area contributed by atoms with Gasteiger partial charge in [-0.3, -0.25) is 9.69 Å². The van der Waals surface area contributed by atoms with E-state index in [2.05, 4.69) is 48.3 Å². The maximum atomic E-state index is 12.5. The number of likely N-dealkylation sites (tertiary alicyclic amines) is 1. The van der Waals surface area contributed by atoms with Gasteiger partial charge in [0, 0.05) is 19.6 Å². The fourth-order valence-electron chi connectivity index (χ4n) is 3.49. The lowest BCUT2D eigenvalue weighted by molar-refractivity contribution is -0.125.